The summed E-state index contributed by atoms with van der Waals surface area (Å²) in [4.78, 5) is 0. The first kappa shape index (κ1) is 17.8. The van der Waals surface area contributed by atoms with Crippen LogP contribution in [0.3, 0.4) is 0 Å². The first-order valence-corrected chi connectivity index (χ1v) is 9.85. The number of nitrogens with one attached hydrogen (secondary N) is 2. The molecule has 2 rings (SSSR count). The fraction of sp³-hybridized carbons (Fsp3) is 0. The van der Waals surface area contributed by atoms with Gasteiger partial charge in [0.1, 0.15) is 0 Å². The smallest absolute Gasteiger partial charge is 0.254 e. The van der Waals surface area contributed by atoms with Crippen LogP contribution < -0.4 is 9.44 Å². The molecule has 2 aromatic carbocycles. The second-order valence-corrected chi connectivity index (χ2v) is 8.04. The van der Waals surface area contributed by atoms with Gasteiger partial charge in [-0.15, -0.1) is 0 Å². The van der Waals surface area contributed by atoms with Crippen molar-refractivity contribution < 1.29 is 16.8 Å². The maximum absolute atomic E-state index is 11.4. The van der Waals surface area contributed by atoms with Gasteiger partial charge in [0, 0.05) is 22.2 Å². The van der Waals surface area contributed by atoms with Gasteiger partial charge in [-0.25, -0.2) is 16.8 Å². The average molecular weight is 364 g/mol. The van der Waals surface area contributed by atoms with Crippen molar-refractivity contribution in [2.24, 2.45) is 0 Å². The summed E-state index contributed by atoms with van der Waals surface area (Å²) in [6.07, 6.45) is 0. The van der Waals surface area contributed by atoms with Gasteiger partial charge in [0.2, 0.25) is 0 Å². The average Bonchev–Trinajstić information content (AvgIpc) is 2.56. The topological polar surface area (TPSA) is 92.3 Å². The molecule has 0 aliphatic rings. The van der Waals surface area contributed by atoms with Gasteiger partial charge in [-0.05, 0) is 35.4 Å². The Balaban J connectivity index is 2.18. The van der Waals surface area contributed by atoms with E-state index in [0.29, 0.717) is 11.4 Å². The minimum Gasteiger partial charge on any atom is -0.280 e. The van der Waals surface area contributed by atoms with E-state index < -0.39 is 20.0 Å². The standard InChI is InChI=1S/C16H16N2O4S2/c1-3-23(19,20)17-15-9-5-13(6-10-15)14-7-11-16(12-8-14)18-24(21,22)4-2/h3-12,17-18H,1-2H2. The van der Waals surface area contributed by atoms with Crippen LogP contribution in [0, 0.1) is 0 Å². The molecule has 126 valence electrons. The summed E-state index contributed by atoms with van der Waals surface area (Å²) in [5.41, 5.74) is 2.56. The minimum atomic E-state index is -3.53. The molecule has 0 amide bonds. The summed E-state index contributed by atoms with van der Waals surface area (Å²) in [5.74, 6) is 0. The SMILES string of the molecule is C=CS(=O)(=O)Nc1ccc(-c2ccc(NS(=O)(=O)C=C)cc2)cc1. The van der Waals surface area contributed by atoms with Crippen molar-refractivity contribution in [2.75, 3.05) is 9.44 Å². The highest BCUT2D eigenvalue weighted by Gasteiger charge is 2.06. The normalized spacial score (nSPS) is 11.5. The lowest BCUT2D eigenvalue weighted by Crippen LogP contribution is -2.08. The highest BCUT2D eigenvalue weighted by atomic mass is 32.2. The zero-order valence-corrected chi connectivity index (χ0v) is 14.3. The molecule has 0 bridgehead atoms. The van der Waals surface area contributed by atoms with E-state index >= 15 is 0 Å². The zero-order chi connectivity index (χ0) is 17.8. The second kappa shape index (κ2) is 6.90. The molecule has 8 heteroatoms. The summed E-state index contributed by atoms with van der Waals surface area (Å²) in [5, 5.41) is 1.67. The van der Waals surface area contributed by atoms with Crippen molar-refractivity contribution in [3.05, 3.63) is 72.5 Å². The van der Waals surface area contributed by atoms with Crippen molar-refractivity contribution in [1.82, 2.24) is 0 Å². The lowest BCUT2D eigenvalue weighted by atomic mass is 10.1. The Labute approximate surface area is 141 Å². The van der Waals surface area contributed by atoms with Gasteiger partial charge < -0.3 is 0 Å². The largest absolute Gasteiger partial charge is 0.280 e. The molecule has 0 fully saturated rings. The number of hydrogen-bond donors (Lipinski definition) is 2. The van der Waals surface area contributed by atoms with E-state index in [9.17, 15) is 16.8 Å². The summed E-state index contributed by atoms with van der Waals surface area (Å²) >= 11 is 0. The fourth-order valence-corrected chi connectivity index (χ4v) is 2.97. The molecule has 0 heterocycles. The summed E-state index contributed by atoms with van der Waals surface area (Å²) < 4.78 is 50.3. The van der Waals surface area contributed by atoms with Crippen LogP contribution in [-0.2, 0) is 20.0 Å². The van der Waals surface area contributed by atoms with Gasteiger partial charge in [-0.1, -0.05) is 37.4 Å². The molecule has 6 nitrogen and oxygen atoms in total. The van der Waals surface area contributed by atoms with Crippen molar-refractivity contribution >= 4 is 31.4 Å². The number of anilines is 2. The van der Waals surface area contributed by atoms with Crippen LogP contribution in [0.4, 0.5) is 11.4 Å². The zero-order valence-electron chi connectivity index (χ0n) is 12.6. The monoisotopic (exact) mass is 364 g/mol. The highest BCUT2D eigenvalue weighted by molar-refractivity contribution is 7.95. The molecule has 0 radical (unpaired) electrons. The Morgan fingerprint density at radius 2 is 0.917 bits per heavy atom. The van der Waals surface area contributed by atoms with E-state index in [1.807, 2.05) is 0 Å². The molecule has 0 saturated carbocycles. The van der Waals surface area contributed by atoms with Gasteiger partial charge in [0.15, 0.2) is 0 Å². The maximum Gasteiger partial charge on any atom is 0.254 e. The molecule has 0 aliphatic carbocycles. The van der Waals surface area contributed by atoms with Gasteiger partial charge in [0.25, 0.3) is 20.0 Å². The van der Waals surface area contributed by atoms with E-state index in [-0.39, 0.29) is 0 Å². The third kappa shape index (κ3) is 4.71. The third-order valence-corrected chi connectivity index (χ3v) is 4.98. The van der Waals surface area contributed by atoms with Gasteiger partial charge in [0.05, 0.1) is 0 Å². The van der Waals surface area contributed by atoms with Gasteiger partial charge in [-0.3, -0.25) is 9.44 Å². The van der Waals surface area contributed by atoms with Crippen molar-refractivity contribution in [1.29, 1.82) is 0 Å². The van der Waals surface area contributed by atoms with Crippen LogP contribution >= 0.6 is 0 Å². The van der Waals surface area contributed by atoms with Crippen LogP contribution in [0.1, 0.15) is 0 Å². The van der Waals surface area contributed by atoms with Crippen molar-refractivity contribution in [3.63, 3.8) is 0 Å². The van der Waals surface area contributed by atoms with Gasteiger partial charge in [-0.2, -0.15) is 0 Å². The Bertz CT molecular complexity index is 865. The van der Waals surface area contributed by atoms with Crippen molar-refractivity contribution in [2.45, 2.75) is 0 Å². The summed E-state index contributed by atoms with van der Waals surface area (Å²) in [7, 11) is -7.07. The van der Waals surface area contributed by atoms with E-state index in [1.54, 1.807) is 48.5 Å². The molecule has 0 aromatic heterocycles. The molecule has 0 atom stereocenters. The summed E-state index contributed by atoms with van der Waals surface area (Å²) in [6, 6.07) is 13.5. The molecule has 24 heavy (non-hydrogen) atoms. The molecule has 2 N–H and O–H groups in total. The Hall–Kier alpha value is -2.58. The molecule has 2 aromatic rings. The molecule has 0 unspecified atom stereocenters. The Kier molecular flexibility index (Phi) is 5.10. The number of hydrogen-bond acceptors (Lipinski definition) is 4. The van der Waals surface area contributed by atoms with Crippen LogP contribution in [-0.4, -0.2) is 16.8 Å². The quantitative estimate of drug-likeness (QED) is 0.789. The Morgan fingerprint density at radius 3 is 1.17 bits per heavy atom. The molecule has 0 saturated heterocycles. The van der Waals surface area contributed by atoms with Crippen molar-refractivity contribution in [3.8, 4) is 11.1 Å². The first-order valence-electron chi connectivity index (χ1n) is 6.76. The van der Waals surface area contributed by atoms with E-state index in [2.05, 4.69) is 22.6 Å². The molecule has 0 aliphatic heterocycles. The highest BCUT2D eigenvalue weighted by Crippen LogP contribution is 2.24. The first-order chi connectivity index (χ1) is 11.2. The van der Waals surface area contributed by atoms with Crippen LogP contribution in [0.2, 0.25) is 0 Å². The van der Waals surface area contributed by atoms with E-state index in [4.69, 9.17) is 0 Å². The van der Waals surface area contributed by atoms with Gasteiger partial charge >= 0.3 is 0 Å². The van der Waals surface area contributed by atoms with E-state index in [1.165, 1.54) is 0 Å². The van der Waals surface area contributed by atoms with Crippen LogP contribution in [0.15, 0.2) is 72.5 Å². The second-order valence-electron chi connectivity index (χ2n) is 4.78. The number of rotatable bonds is 7. The fourth-order valence-electron chi connectivity index (χ4n) is 1.87. The predicted molar refractivity (Wildman–Crippen MR) is 97.4 cm³/mol. The minimum absolute atomic E-state index is 0.425. The van der Waals surface area contributed by atoms with Crippen LogP contribution in [0.5, 0.6) is 0 Å². The number of sulfonamides is 2. The number of benzene rings is 2. The molecular formula is C16H16N2O4S2. The maximum atomic E-state index is 11.4. The molecular weight excluding hydrogens is 348 g/mol. The lowest BCUT2D eigenvalue weighted by Gasteiger charge is -2.08. The third-order valence-electron chi connectivity index (χ3n) is 3.06. The molecule has 0 spiro atoms. The summed E-state index contributed by atoms with van der Waals surface area (Å²) in [6.45, 7) is 6.46. The van der Waals surface area contributed by atoms with Crippen LogP contribution in [0.25, 0.3) is 11.1 Å². The predicted octanol–water partition coefficient (Wildman–Crippen LogP) is 3.12. The lowest BCUT2D eigenvalue weighted by molar-refractivity contribution is 0.608. The van der Waals surface area contributed by atoms with E-state index in [0.717, 1.165) is 21.9 Å². The Morgan fingerprint density at radius 1 is 0.625 bits per heavy atom.